The van der Waals surface area contributed by atoms with Crippen LogP contribution in [0.3, 0.4) is 0 Å². The molecule has 2 N–H and O–H groups in total. The molecule has 2 unspecified atom stereocenters. The van der Waals surface area contributed by atoms with Crippen LogP contribution in [0.5, 0.6) is 0 Å². The second-order valence-electron chi connectivity index (χ2n) is 12.5. The van der Waals surface area contributed by atoms with Crippen LogP contribution in [0.2, 0.25) is 0 Å². The number of nitrogens with one attached hydrogen (secondary N) is 1. The summed E-state index contributed by atoms with van der Waals surface area (Å²) < 4.78 is 21.1. The Morgan fingerprint density at radius 2 is 1.85 bits per heavy atom. The topological polar surface area (TPSA) is 120 Å². The van der Waals surface area contributed by atoms with Crippen molar-refractivity contribution < 1.29 is 23.8 Å². The molecule has 3 heterocycles. The van der Waals surface area contributed by atoms with Gasteiger partial charge in [-0.2, -0.15) is 5.26 Å². The number of rotatable bonds is 8. The number of carbonyl (C=O) groups is 2. The minimum atomic E-state index is -1.23. The highest BCUT2D eigenvalue weighted by atomic mass is 19.1. The number of hydrogen-bond donors (Lipinski definition) is 2. The van der Waals surface area contributed by atoms with Gasteiger partial charge in [0.1, 0.15) is 29.0 Å². The van der Waals surface area contributed by atoms with Crippen LogP contribution in [0, 0.1) is 29.5 Å². The van der Waals surface area contributed by atoms with E-state index in [1.54, 1.807) is 28.8 Å². The van der Waals surface area contributed by atoms with Crippen LogP contribution in [-0.2, 0) is 16.0 Å². The fourth-order valence-electron chi connectivity index (χ4n) is 5.13. The first-order chi connectivity index (χ1) is 19.2. The van der Waals surface area contributed by atoms with Crippen LogP contribution in [0.15, 0.2) is 36.5 Å². The van der Waals surface area contributed by atoms with E-state index in [0.717, 1.165) is 12.8 Å². The van der Waals surface area contributed by atoms with Crippen molar-refractivity contribution in [2.24, 2.45) is 5.41 Å². The number of pyridine rings is 1. The smallest absolute Gasteiger partial charge is 0.337 e. The maximum absolute atomic E-state index is 13.3. The van der Waals surface area contributed by atoms with E-state index in [9.17, 15) is 24.3 Å². The molecule has 1 amide bonds. The van der Waals surface area contributed by atoms with Crippen LogP contribution in [0.25, 0.3) is 5.65 Å². The molecule has 0 aliphatic carbocycles. The summed E-state index contributed by atoms with van der Waals surface area (Å²) in [5.74, 6) is -1.37. The largest absolute Gasteiger partial charge is 0.479 e. The van der Waals surface area contributed by atoms with Crippen molar-refractivity contribution in [2.45, 2.75) is 78.6 Å². The van der Waals surface area contributed by atoms with Gasteiger partial charge in [0, 0.05) is 31.3 Å². The third-order valence-electron chi connectivity index (χ3n) is 7.39. The third-order valence-corrected chi connectivity index (χ3v) is 7.39. The highest BCUT2D eigenvalue weighted by molar-refractivity contribution is 5.93. The minimum absolute atomic E-state index is 0.100. The first-order valence-electron chi connectivity index (χ1n) is 13.8. The average Bonchev–Trinajstić information content (AvgIpc) is 3.31. The first-order valence-corrected chi connectivity index (χ1v) is 13.8. The number of ether oxygens (including phenoxy) is 1. The van der Waals surface area contributed by atoms with Crippen molar-refractivity contribution >= 4 is 23.3 Å². The van der Waals surface area contributed by atoms with E-state index in [1.165, 1.54) is 12.1 Å². The van der Waals surface area contributed by atoms with E-state index in [-0.39, 0.29) is 23.3 Å². The molecule has 1 aromatic carbocycles. The van der Waals surface area contributed by atoms with Crippen molar-refractivity contribution in [2.75, 3.05) is 18.0 Å². The lowest BCUT2D eigenvalue weighted by Gasteiger charge is -2.40. The summed E-state index contributed by atoms with van der Waals surface area (Å²) in [6.07, 6.45) is 2.38. The molecule has 1 aliphatic rings. The second-order valence-corrected chi connectivity index (χ2v) is 12.5. The Bertz CT molecular complexity index is 1470. The minimum Gasteiger partial charge on any atom is -0.479 e. The molecule has 9 nitrogen and oxygen atoms in total. The van der Waals surface area contributed by atoms with Crippen molar-refractivity contribution in [1.82, 2.24) is 14.7 Å². The zero-order valence-corrected chi connectivity index (χ0v) is 24.5. The summed E-state index contributed by atoms with van der Waals surface area (Å²) in [4.78, 5) is 32.5. The van der Waals surface area contributed by atoms with Crippen molar-refractivity contribution in [1.29, 1.82) is 5.26 Å². The Hall–Kier alpha value is -3.97. The number of nitriles is 1. The Morgan fingerprint density at radius 3 is 2.41 bits per heavy atom. The molecule has 2 atom stereocenters. The summed E-state index contributed by atoms with van der Waals surface area (Å²) in [5.41, 5.74) is 1.95. The lowest BCUT2D eigenvalue weighted by Crippen LogP contribution is -2.40. The fourth-order valence-corrected chi connectivity index (χ4v) is 5.13. The zero-order chi connectivity index (χ0) is 30.1. The number of fused-ring (bicyclic) bond motifs is 1. The number of imidazole rings is 1. The molecule has 1 saturated heterocycles. The molecular weight excluding hydrogens is 525 g/mol. The number of halogens is 1. The molecule has 10 heteroatoms. The normalized spacial score (nSPS) is 16.7. The van der Waals surface area contributed by atoms with E-state index in [2.05, 4.69) is 35.1 Å². The monoisotopic (exact) mass is 563 g/mol. The van der Waals surface area contributed by atoms with Gasteiger partial charge in [0.25, 0.3) is 5.91 Å². The summed E-state index contributed by atoms with van der Waals surface area (Å²) >= 11 is 0. The molecule has 1 fully saturated rings. The van der Waals surface area contributed by atoms with Gasteiger partial charge in [-0.3, -0.25) is 9.20 Å². The number of benzene rings is 1. The molecule has 3 aromatic rings. The van der Waals surface area contributed by atoms with Crippen LogP contribution in [-0.4, -0.2) is 51.1 Å². The Labute approximate surface area is 239 Å². The van der Waals surface area contributed by atoms with Gasteiger partial charge < -0.3 is 20.1 Å². The predicted octanol–water partition coefficient (Wildman–Crippen LogP) is 5.21. The molecule has 218 valence electrons. The highest BCUT2D eigenvalue weighted by Crippen LogP contribution is 2.39. The van der Waals surface area contributed by atoms with E-state index in [0.29, 0.717) is 41.2 Å². The van der Waals surface area contributed by atoms with Gasteiger partial charge in [-0.1, -0.05) is 26.0 Å². The van der Waals surface area contributed by atoms with Crippen LogP contribution in [0.4, 0.5) is 10.2 Å². The average molecular weight is 564 g/mol. The molecule has 1 aliphatic heterocycles. The molecule has 2 aromatic heterocycles. The predicted molar refractivity (Wildman–Crippen MR) is 153 cm³/mol. The van der Waals surface area contributed by atoms with Gasteiger partial charge >= 0.3 is 5.97 Å². The molecular formula is C31H38FN5O4. The Kier molecular flexibility index (Phi) is 8.41. The summed E-state index contributed by atoms with van der Waals surface area (Å²) in [6, 6.07) is 8.76. The lowest BCUT2D eigenvalue weighted by atomic mass is 9.82. The van der Waals surface area contributed by atoms with Crippen molar-refractivity contribution in [3.8, 4) is 6.07 Å². The number of carboxylic acid groups (broad SMARTS) is 1. The van der Waals surface area contributed by atoms with Gasteiger partial charge in [-0.05, 0) is 75.3 Å². The maximum atomic E-state index is 13.3. The number of aromatic nitrogens is 2. The van der Waals surface area contributed by atoms with Crippen LogP contribution >= 0.6 is 0 Å². The number of amides is 1. The summed E-state index contributed by atoms with van der Waals surface area (Å²) in [5, 5.41) is 22.7. The number of anilines is 1. The van der Waals surface area contributed by atoms with E-state index < -0.39 is 29.6 Å². The third kappa shape index (κ3) is 7.03. The fraction of sp³-hybridized carbons (Fsp3) is 0.484. The molecule has 0 radical (unpaired) electrons. The van der Waals surface area contributed by atoms with Gasteiger partial charge in [0.2, 0.25) is 0 Å². The number of nitrogens with zero attached hydrogens (tertiary/aromatic N) is 4. The van der Waals surface area contributed by atoms with Gasteiger partial charge in [0.15, 0.2) is 6.10 Å². The van der Waals surface area contributed by atoms with Crippen LogP contribution < -0.4 is 10.2 Å². The van der Waals surface area contributed by atoms with Gasteiger partial charge in [0.05, 0.1) is 11.7 Å². The van der Waals surface area contributed by atoms with E-state index >= 15 is 0 Å². The number of piperidine rings is 1. The molecule has 0 bridgehead atoms. The molecule has 41 heavy (non-hydrogen) atoms. The zero-order valence-electron chi connectivity index (χ0n) is 24.5. The van der Waals surface area contributed by atoms with Gasteiger partial charge in [-0.25, -0.2) is 14.2 Å². The molecule has 4 rings (SSSR count). The summed E-state index contributed by atoms with van der Waals surface area (Å²) in [6.45, 7) is 13.1. The Balaban J connectivity index is 1.75. The first kappa shape index (κ1) is 30.0. The number of aryl methyl sites for hydroxylation is 1. The molecule has 0 saturated carbocycles. The quantitative estimate of drug-likeness (QED) is 0.386. The van der Waals surface area contributed by atoms with Gasteiger partial charge in [-0.15, -0.1) is 0 Å². The molecule has 0 spiro atoms. The number of carboxylic acids is 1. The van der Waals surface area contributed by atoms with E-state index in [1.807, 2.05) is 27.7 Å². The van der Waals surface area contributed by atoms with E-state index in [4.69, 9.17) is 4.74 Å². The second kappa shape index (κ2) is 11.5. The number of hydrogen-bond acceptors (Lipinski definition) is 6. The SMILES string of the molecule is Cc1cc2nc(C(=O)NC(C#N)Cc3ccc(F)cc3)cn2c(N2CCC(C)(C)CC2)c1C(OC(C)(C)C)C(=O)O. The van der Waals surface area contributed by atoms with Crippen molar-refractivity contribution in [3.63, 3.8) is 0 Å². The standard InChI is InChI=1S/C31H38FN5O4/c1-19-15-24-35-23(27(38)34-22(17-33)16-20-7-9-21(32)10-8-20)18-37(24)28(36-13-11-31(5,6)12-14-36)25(19)26(29(39)40)41-30(2,3)4/h7-10,15,18,22,26H,11-14,16H2,1-6H3,(H,34,38)(H,39,40). The van der Waals surface area contributed by atoms with Crippen molar-refractivity contribution in [3.05, 3.63) is 64.7 Å². The number of aliphatic carboxylic acids is 1. The highest BCUT2D eigenvalue weighted by Gasteiger charge is 2.35. The summed E-state index contributed by atoms with van der Waals surface area (Å²) in [7, 11) is 0. The Morgan fingerprint density at radius 1 is 1.22 bits per heavy atom. The number of carbonyl (C=O) groups excluding carboxylic acids is 1. The van der Waals surface area contributed by atoms with Crippen LogP contribution in [0.1, 0.15) is 80.7 Å². The maximum Gasteiger partial charge on any atom is 0.337 e. The lowest BCUT2D eigenvalue weighted by molar-refractivity contribution is -0.160.